The third-order valence-corrected chi connectivity index (χ3v) is 4.63. The summed E-state index contributed by atoms with van der Waals surface area (Å²) >= 11 is 3.47. The molecule has 0 saturated heterocycles. The van der Waals surface area contributed by atoms with Crippen molar-refractivity contribution < 1.29 is 4.79 Å². The number of alkyl halides is 1. The second-order valence-corrected chi connectivity index (χ2v) is 6.05. The quantitative estimate of drug-likeness (QED) is 0.783. The average Bonchev–Trinajstić information content (AvgIpc) is 2.27. The average molecular weight is 308 g/mol. The second kappa shape index (κ2) is 5.04. The second-order valence-electron chi connectivity index (χ2n) is 5.26. The van der Waals surface area contributed by atoms with Crippen LogP contribution in [0.25, 0.3) is 0 Å². The van der Waals surface area contributed by atoms with E-state index in [2.05, 4.69) is 39.0 Å². The number of hydrogen-bond donors (Lipinski definition) is 0. The molecule has 0 radical (unpaired) electrons. The van der Waals surface area contributed by atoms with E-state index in [1.54, 1.807) is 0 Å². The van der Waals surface area contributed by atoms with E-state index < -0.39 is 0 Å². The number of nitrogens with zero attached hydrogens (tertiary/aromatic N) is 1. The maximum Gasteiger partial charge on any atom is 0.230 e. The van der Waals surface area contributed by atoms with E-state index in [0.717, 1.165) is 18.3 Å². The summed E-state index contributed by atoms with van der Waals surface area (Å²) in [5.74, 6) is 0.471. The highest BCUT2D eigenvalue weighted by atomic mass is 79.9. The van der Waals surface area contributed by atoms with E-state index in [-0.39, 0.29) is 5.92 Å². The normalized spacial score (nSPS) is 21.7. The van der Waals surface area contributed by atoms with Gasteiger partial charge in [-0.15, -0.1) is 0 Å². The van der Waals surface area contributed by atoms with Crippen LogP contribution in [-0.4, -0.2) is 28.7 Å². The van der Waals surface area contributed by atoms with E-state index >= 15 is 0 Å². The molecular weight excluding hydrogens is 290 g/mol. The van der Waals surface area contributed by atoms with Gasteiger partial charge in [0.2, 0.25) is 5.91 Å². The predicted octanol–water partition coefficient (Wildman–Crippen LogP) is 3.10. The molecule has 1 amide bonds. The zero-order valence-corrected chi connectivity index (χ0v) is 12.0. The smallest absolute Gasteiger partial charge is 0.230 e. The van der Waals surface area contributed by atoms with Crippen molar-refractivity contribution in [1.82, 2.24) is 4.90 Å². The minimum atomic E-state index is 0.126. The zero-order valence-electron chi connectivity index (χ0n) is 10.4. The molecule has 3 heteroatoms. The topological polar surface area (TPSA) is 20.3 Å². The van der Waals surface area contributed by atoms with Crippen LogP contribution in [-0.2, 0) is 11.2 Å². The van der Waals surface area contributed by atoms with Gasteiger partial charge in [-0.2, -0.15) is 0 Å². The van der Waals surface area contributed by atoms with Crippen molar-refractivity contribution in [3.8, 4) is 0 Å². The first kappa shape index (κ1) is 12.2. The van der Waals surface area contributed by atoms with Crippen LogP contribution in [0.3, 0.4) is 0 Å². The van der Waals surface area contributed by atoms with Crippen LogP contribution >= 0.6 is 15.9 Å². The molecule has 2 nitrogen and oxygen atoms in total. The molecule has 1 aromatic carbocycles. The maximum absolute atomic E-state index is 12.6. The van der Waals surface area contributed by atoms with Crippen LogP contribution in [0.15, 0.2) is 24.3 Å². The molecule has 0 spiro atoms. The Labute approximate surface area is 116 Å². The third-order valence-electron chi connectivity index (χ3n) is 4.28. The van der Waals surface area contributed by atoms with E-state index in [0.29, 0.717) is 11.9 Å². The Hall–Kier alpha value is -0.830. The summed E-state index contributed by atoms with van der Waals surface area (Å²) in [5.41, 5.74) is 2.60. The lowest BCUT2D eigenvalue weighted by atomic mass is 9.76. The fourth-order valence-corrected chi connectivity index (χ4v) is 3.32. The van der Waals surface area contributed by atoms with E-state index in [9.17, 15) is 4.79 Å². The summed E-state index contributed by atoms with van der Waals surface area (Å²) in [5, 5.41) is 0.879. The molecule has 1 unspecified atom stereocenters. The Balaban J connectivity index is 1.74. The van der Waals surface area contributed by atoms with Crippen molar-refractivity contribution in [2.75, 3.05) is 11.9 Å². The van der Waals surface area contributed by atoms with Gasteiger partial charge in [0.25, 0.3) is 0 Å². The third kappa shape index (κ3) is 1.99. The Morgan fingerprint density at radius 2 is 2.11 bits per heavy atom. The van der Waals surface area contributed by atoms with Crippen LogP contribution < -0.4 is 0 Å². The van der Waals surface area contributed by atoms with Gasteiger partial charge >= 0.3 is 0 Å². The van der Waals surface area contributed by atoms with Gasteiger partial charge in [-0.3, -0.25) is 4.79 Å². The van der Waals surface area contributed by atoms with Gasteiger partial charge in [0, 0.05) is 17.9 Å². The lowest BCUT2D eigenvalue weighted by Crippen LogP contribution is -2.48. The van der Waals surface area contributed by atoms with E-state index in [1.165, 1.54) is 30.4 Å². The maximum atomic E-state index is 12.6. The molecule has 2 aliphatic rings. The van der Waals surface area contributed by atoms with Crippen molar-refractivity contribution in [1.29, 1.82) is 0 Å². The Bertz CT molecular complexity index is 456. The van der Waals surface area contributed by atoms with E-state index in [1.807, 2.05) is 6.07 Å². The Morgan fingerprint density at radius 3 is 2.72 bits per heavy atom. The van der Waals surface area contributed by atoms with Gasteiger partial charge in [0.15, 0.2) is 0 Å². The summed E-state index contributed by atoms with van der Waals surface area (Å²) in [6.07, 6.45) is 4.58. The molecule has 1 saturated carbocycles. The number of carbonyl (C=O) groups is 1. The minimum absolute atomic E-state index is 0.126. The fourth-order valence-electron chi connectivity index (χ4n) is 2.94. The molecule has 1 atom stereocenters. The summed E-state index contributed by atoms with van der Waals surface area (Å²) in [6, 6.07) is 8.84. The number of hydrogen-bond acceptors (Lipinski definition) is 1. The van der Waals surface area contributed by atoms with E-state index in [4.69, 9.17) is 0 Å². The molecule has 1 fully saturated rings. The van der Waals surface area contributed by atoms with Gasteiger partial charge in [-0.05, 0) is 36.8 Å². The van der Waals surface area contributed by atoms with Gasteiger partial charge in [-0.1, -0.05) is 40.2 Å². The van der Waals surface area contributed by atoms with Gasteiger partial charge < -0.3 is 4.90 Å². The van der Waals surface area contributed by atoms with Crippen molar-refractivity contribution >= 4 is 21.8 Å². The minimum Gasteiger partial charge on any atom is -0.338 e. The number of rotatable bonds is 4. The predicted molar refractivity (Wildman–Crippen MR) is 76.0 cm³/mol. The van der Waals surface area contributed by atoms with Crippen molar-refractivity contribution in [2.45, 2.75) is 37.6 Å². The molecule has 0 aliphatic heterocycles. The van der Waals surface area contributed by atoms with Crippen LogP contribution in [0.4, 0.5) is 0 Å². The standard InChI is InChI=1S/C15H18BrNO/c16-8-9-17(12-5-3-6-12)15(18)14-10-11-4-1-2-7-13(11)14/h1-2,4,7,12,14H,3,5-6,8-10H2. The molecule has 1 aromatic rings. The van der Waals surface area contributed by atoms with Crippen LogP contribution in [0.1, 0.15) is 36.3 Å². The first-order valence-electron chi connectivity index (χ1n) is 6.75. The molecule has 18 heavy (non-hydrogen) atoms. The summed E-state index contributed by atoms with van der Waals surface area (Å²) in [7, 11) is 0. The zero-order chi connectivity index (χ0) is 12.5. The van der Waals surface area contributed by atoms with Crippen LogP contribution in [0.2, 0.25) is 0 Å². The number of halogens is 1. The number of amides is 1. The molecule has 0 N–H and O–H groups in total. The highest BCUT2D eigenvalue weighted by Crippen LogP contribution is 2.38. The lowest BCUT2D eigenvalue weighted by molar-refractivity contribution is -0.137. The molecule has 3 rings (SSSR count). The molecule has 0 heterocycles. The number of benzene rings is 1. The molecular formula is C15H18BrNO. The lowest BCUT2D eigenvalue weighted by Gasteiger charge is -2.41. The highest BCUT2D eigenvalue weighted by Gasteiger charge is 2.38. The SMILES string of the molecule is O=C(C1Cc2ccccc21)N(CCBr)C1CCC1. The fraction of sp³-hybridized carbons (Fsp3) is 0.533. The molecule has 96 valence electrons. The van der Waals surface area contributed by atoms with Crippen LogP contribution in [0.5, 0.6) is 0 Å². The number of carbonyl (C=O) groups excluding carboxylic acids is 1. The van der Waals surface area contributed by atoms with Crippen molar-refractivity contribution in [2.24, 2.45) is 0 Å². The molecule has 0 bridgehead atoms. The highest BCUT2D eigenvalue weighted by molar-refractivity contribution is 9.09. The first-order valence-corrected chi connectivity index (χ1v) is 7.87. The van der Waals surface area contributed by atoms with Gasteiger partial charge in [0.1, 0.15) is 0 Å². The van der Waals surface area contributed by atoms with Crippen LogP contribution in [0, 0.1) is 0 Å². The Kier molecular flexibility index (Phi) is 3.42. The van der Waals surface area contributed by atoms with Crippen molar-refractivity contribution in [3.05, 3.63) is 35.4 Å². The largest absolute Gasteiger partial charge is 0.338 e. The summed E-state index contributed by atoms with van der Waals surface area (Å²) < 4.78 is 0. The monoisotopic (exact) mass is 307 g/mol. The first-order chi connectivity index (χ1) is 8.81. The van der Waals surface area contributed by atoms with Gasteiger partial charge in [-0.25, -0.2) is 0 Å². The Morgan fingerprint density at radius 1 is 1.33 bits per heavy atom. The molecule has 2 aliphatic carbocycles. The number of fused-ring (bicyclic) bond motifs is 1. The van der Waals surface area contributed by atoms with Gasteiger partial charge in [0.05, 0.1) is 5.92 Å². The summed E-state index contributed by atoms with van der Waals surface area (Å²) in [6.45, 7) is 0.849. The summed E-state index contributed by atoms with van der Waals surface area (Å²) in [4.78, 5) is 14.7. The molecule has 0 aromatic heterocycles. The van der Waals surface area contributed by atoms with Crippen molar-refractivity contribution in [3.63, 3.8) is 0 Å².